The van der Waals surface area contributed by atoms with Crippen molar-refractivity contribution in [3.8, 4) is 5.69 Å². The highest BCUT2D eigenvalue weighted by Crippen LogP contribution is 2.28. The average Bonchev–Trinajstić information content (AvgIpc) is 3.12. The number of carbonyl (C=O) groups excluding carboxylic acids is 1. The minimum atomic E-state index is -0.501. The molecular weight excluding hydrogens is 448 g/mol. The number of tetrazole rings is 1. The second-order valence-corrected chi connectivity index (χ2v) is 7.65. The molecule has 0 saturated heterocycles. The summed E-state index contributed by atoms with van der Waals surface area (Å²) in [6, 6.07) is 9.98. The minimum absolute atomic E-state index is 0.0630. The fourth-order valence-corrected chi connectivity index (χ4v) is 3.57. The van der Waals surface area contributed by atoms with Gasteiger partial charge in [0.15, 0.2) is 0 Å². The fourth-order valence-electron chi connectivity index (χ4n) is 2.42. The largest absolute Gasteiger partial charge is 0.324 e. The van der Waals surface area contributed by atoms with Crippen LogP contribution in [0.1, 0.15) is 11.1 Å². The number of thioether (sulfide) groups is 1. The lowest BCUT2D eigenvalue weighted by Crippen LogP contribution is -2.15. The third-order valence-electron chi connectivity index (χ3n) is 4.02. The zero-order valence-electron chi connectivity index (χ0n) is 14.9. The van der Waals surface area contributed by atoms with E-state index in [2.05, 4.69) is 36.8 Å². The van der Waals surface area contributed by atoms with E-state index in [4.69, 9.17) is 0 Å². The Kier molecular flexibility index (Phi) is 6.05. The van der Waals surface area contributed by atoms with E-state index in [1.165, 1.54) is 30.0 Å². The summed E-state index contributed by atoms with van der Waals surface area (Å²) in [6.07, 6.45) is 0. The van der Waals surface area contributed by atoms with Crippen LogP contribution in [0.2, 0.25) is 0 Å². The number of aromatic nitrogens is 4. The molecular formula is C17H15BrN6O3S. The van der Waals surface area contributed by atoms with E-state index in [0.29, 0.717) is 15.3 Å². The predicted octanol–water partition coefficient (Wildman–Crippen LogP) is 3.68. The van der Waals surface area contributed by atoms with Gasteiger partial charge in [-0.15, -0.1) is 5.10 Å². The van der Waals surface area contributed by atoms with E-state index >= 15 is 0 Å². The molecule has 3 aromatic rings. The summed E-state index contributed by atoms with van der Waals surface area (Å²) in [5, 5.41) is 25.7. The molecule has 0 aliphatic carbocycles. The molecule has 1 aromatic heterocycles. The average molecular weight is 463 g/mol. The lowest BCUT2D eigenvalue weighted by molar-refractivity contribution is -0.384. The highest BCUT2D eigenvalue weighted by molar-refractivity contribution is 9.10. The smallest absolute Gasteiger partial charge is 0.270 e. The van der Waals surface area contributed by atoms with Gasteiger partial charge in [0.25, 0.3) is 5.69 Å². The first kappa shape index (κ1) is 20.0. The molecule has 0 spiro atoms. The molecule has 1 amide bonds. The molecule has 11 heteroatoms. The van der Waals surface area contributed by atoms with Gasteiger partial charge in [-0.1, -0.05) is 23.9 Å². The SMILES string of the molecule is Cc1cccc(-n2nnnc2SCC(=O)Nc2ccc([N+](=O)[O-])cc2Br)c1C. The van der Waals surface area contributed by atoms with Gasteiger partial charge in [-0.25, -0.2) is 0 Å². The van der Waals surface area contributed by atoms with Crippen molar-refractivity contribution in [3.05, 3.63) is 62.1 Å². The van der Waals surface area contributed by atoms with Crippen LogP contribution in [0, 0.1) is 24.0 Å². The van der Waals surface area contributed by atoms with Gasteiger partial charge in [0.1, 0.15) is 0 Å². The van der Waals surface area contributed by atoms with Gasteiger partial charge in [0.2, 0.25) is 11.1 Å². The third-order valence-corrected chi connectivity index (χ3v) is 5.59. The second-order valence-electron chi connectivity index (χ2n) is 5.85. The van der Waals surface area contributed by atoms with Crippen LogP contribution in [-0.2, 0) is 4.79 Å². The van der Waals surface area contributed by atoms with Crippen molar-refractivity contribution in [2.45, 2.75) is 19.0 Å². The Morgan fingerprint density at radius 3 is 2.82 bits per heavy atom. The summed E-state index contributed by atoms with van der Waals surface area (Å²) in [7, 11) is 0. The Bertz CT molecular complexity index is 1060. The first-order chi connectivity index (χ1) is 13.4. The van der Waals surface area contributed by atoms with Gasteiger partial charge in [0.05, 0.1) is 22.1 Å². The number of benzene rings is 2. The Balaban J connectivity index is 1.69. The molecule has 0 bridgehead atoms. The maximum Gasteiger partial charge on any atom is 0.270 e. The number of amides is 1. The van der Waals surface area contributed by atoms with Gasteiger partial charge < -0.3 is 5.32 Å². The van der Waals surface area contributed by atoms with Crippen LogP contribution >= 0.6 is 27.7 Å². The number of aryl methyl sites for hydroxylation is 1. The lowest BCUT2D eigenvalue weighted by atomic mass is 10.1. The number of nitro benzene ring substituents is 1. The molecule has 0 fully saturated rings. The summed E-state index contributed by atoms with van der Waals surface area (Å²) in [5.74, 6) is -0.204. The summed E-state index contributed by atoms with van der Waals surface area (Å²) >= 11 is 4.42. The topological polar surface area (TPSA) is 116 Å². The van der Waals surface area contributed by atoms with Crippen LogP contribution in [0.3, 0.4) is 0 Å². The summed E-state index contributed by atoms with van der Waals surface area (Å²) in [6.45, 7) is 3.99. The Morgan fingerprint density at radius 2 is 2.11 bits per heavy atom. The standard InChI is InChI=1S/C17H15BrN6O3S/c1-10-4-3-5-15(11(10)2)23-17(20-21-22-23)28-9-16(25)19-14-7-6-12(24(26)27)8-13(14)18/h3-8H,9H2,1-2H3,(H,19,25). The van der Waals surface area contributed by atoms with Crippen molar-refractivity contribution >= 4 is 45.0 Å². The van der Waals surface area contributed by atoms with E-state index in [-0.39, 0.29) is 17.3 Å². The number of non-ortho nitro benzene ring substituents is 1. The highest BCUT2D eigenvalue weighted by Gasteiger charge is 2.15. The number of hydrogen-bond acceptors (Lipinski definition) is 7. The molecule has 0 saturated carbocycles. The molecule has 0 aliphatic heterocycles. The molecule has 9 nitrogen and oxygen atoms in total. The number of nitrogens with zero attached hydrogens (tertiary/aromatic N) is 5. The Labute approximate surface area is 172 Å². The van der Waals surface area contributed by atoms with Gasteiger partial charge in [-0.05, 0) is 63.5 Å². The number of nitrogens with one attached hydrogen (secondary N) is 1. The van der Waals surface area contributed by atoms with Crippen LogP contribution in [-0.4, -0.2) is 36.8 Å². The van der Waals surface area contributed by atoms with Crippen molar-refractivity contribution in [2.75, 3.05) is 11.1 Å². The van der Waals surface area contributed by atoms with Crippen molar-refractivity contribution in [3.63, 3.8) is 0 Å². The predicted molar refractivity (Wildman–Crippen MR) is 109 cm³/mol. The zero-order chi connectivity index (χ0) is 20.3. The molecule has 144 valence electrons. The van der Waals surface area contributed by atoms with E-state index in [0.717, 1.165) is 16.8 Å². The number of rotatable bonds is 6. The summed E-state index contributed by atoms with van der Waals surface area (Å²) < 4.78 is 2.03. The first-order valence-electron chi connectivity index (χ1n) is 8.08. The van der Waals surface area contributed by atoms with Crippen LogP contribution in [0.5, 0.6) is 0 Å². The highest BCUT2D eigenvalue weighted by atomic mass is 79.9. The summed E-state index contributed by atoms with van der Waals surface area (Å²) in [5.41, 5.74) is 3.41. The van der Waals surface area contributed by atoms with Crippen molar-refractivity contribution < 1.29 is 9.72 Å². The molecule has 0 aliphatic rings. The Hall–Kier alpha value is -2.79. The van der Waals surface area contributed by atoms with Crippen molar-refractivity contribution in [2.24, 2.45) is 0 Å². The van der Waals surface area contributed by atoms with Crippen LogP contribution in [0.25, 0.3) is 5.69 Å². The zero-order valence-corrected chi connectivity index (χ0v) is 17.3. The number of hydrogen-bond donors (Lipinski definition) is 1. The van der Waals surface area contributed by atoms with Gasteiger partial charge in [-0.3, -0.25) is 14.9 Å². The maximum absolute atomic E-state index is 12.3. The normalized spacial score (nSPS) is 10.7. The molecule has 0 atom stereocenters. The van der Waals surface area contributed by atoms with Gasteiger partial charge in [-0.2, -0.15) is 4.68 Å². The van der Waals surface area contributed by atoms with Crippen LogP contribution < -0.4 is 5.32 Å². The minimum Gasteiger partial charge on any atom is -0.324 e. The molecule has 3 rings (SSSR count). The van der Waals surface area contributed by atoms with Crippen molar-refractivity contribution in [1.82, 2.24) is 20.2 Å². The van der Waals surface area contributed by atoms with Crippen LogP contribution in [0.4, 0.5) is 11.4 Å². The molecule has 1 N–H and O–H groups in total. The lowest BCUT2D eigenvalue weighted by Gasteiger charge is -2.10. The molecule has 0 radical (unpaired) electrons. The van der Waals surface area contributed by atoms with E-state index < -0.39 is 4.92 Å². The maximum atomic E-state index is 12.3. The van der Waals surface area contributed by atoms with Gasteiger partial charge in [0, 0.05) is 16.6 Å². The second kappa shape index (κ2) is 8.48. The van der Waals surface area contributed by atoms with Gasteiger partial charge >= 0.3 is 0 Å². The monoisotopic (exact) mass is 462 g/mol. The third kappa shape index (κ3) is 4.37. The summed E-state index contributed by atoms with van der Waals surface area (Å²) in [4.78, 5) is 22.6. The van der Waals surface area contributed by atoms with E-state index in [1.54, 1.807) is 4.68 Å². The number of nitro groups is 1. The molecule has 0 unspecified atom stereocenters. The number of anilines is 1. The molecule has 28 heavy (non-hydrogen) atoms. The molecule has 1 heterocycles. The fraction of sp³-hybridized carbons (Fsp3) is 0.176. The van der Waals surface area contributed by atoms with E-state index in [1.807, 2.05) is 32.0 Å². The number of carbonyl (C=O) groups is 1. The molecule has 2 aromatic carbocycles. The Morgan fingerprint density at radius 1 is 1.32 bits per heavy atom. The first-order valence-corrected chi connectivity index (χ1v) is 9.86. The quantitative estimate of drug-likeness (QED) is 0.337. The number of halogens is 1. The van der Waals surface area contributed by atoms with Crippen LogP contribution in [0.15, 0.2) is 46.0 Å². The van der Waals surface area contributed by atoms with E-state index in [9.17, 15) is 14.9 Å². The van der Waals surface area contributed by atoms with Crippen molar-refractivity contribution in [1.29, 1.82) is 0 Å².